The Hall–Kier alpha value is -2.33. The third-order valence-electron chi connectivity index (χ3n) is 6.33. The molecule has 2 amide bonds. The summed E-state index contributed by atoms with van der Waals surface area (Å²) in [5.41, 5.74) is 2.13. The summed E-state index contributed by atoms with van der Waals surface area (Å²) in [5, 5.41) is 26.4. The molecule has 9 nitrogen and oxygen atoms in total. The fraction of sp³-hybridized carbons (Fsp3) is 0.393. The number of rotatable bonds is 9. The van der Waals surface area contributed by atoms with Crippen LogP contribution in [-0.4, -0.2) is 83.5 Å². The zero-order valence-corrected chi connectivity index (χ0v) is 26.8. The van der Waals surface area contributed by atoms with E-state index in [0.717, 1.165) is 11.8 Å². The largest absolute Gasteiger partial charge is 2.00 e. The number of methoxy groups -OCH3 is 1. The monoisotopic (exact) mass is 781 g/mol. The van der Waals surface area contributed by atoms with Crippen molar-refractivity contribution < 1.29 is 59.6 Å². The SMILES string of the molecule is COCCN1C[C@@H](NC(=O)Nc2c(C)[c-]nn2-c2ccccc2)[C@H](c2ccc(F)c(F)c2)C1.[CH2-]C(CO)CO.[U+2]. The zero-order chi connectivity index (χ0) is 28.4. The Morgan fingerprint density at radius 1 is 1.18 bits per heavy atom. The molecular weight excluding hydrogens is 746 g/mol. The van der Waals surface area contributed by atoms with Crippen LogP contribution >= 0.6 is 0 Å². The molecule has 1 fully saturated rings. The van der Waals surface area contributed by atoms with Crippen LogP contribution in [-0.2, 0) is 4.74 Å². The number of anilines is 1. The number of urea groups is 1. The van der Waals surface area contributed by atoms with E-state index in [0.29, 0.717) is 43.2 Å². The van der Waals surface area contributed by atoms with E-state index < -0.39 is 17.7 Å². The summed E-state index contributed by atoms with van der Waals surface area (Å²) in [5.74, 6) is -1.68. The van der Waals surface area contributed by atoms with Crippen LogP contribution in [0.4, 0.5) is 19.4 Å². The Balaban J connectivity index is 0.000000723. The number of aliphatic hydroxyl groups is 2. The molecule has 0 unspecified atom stereocenters. The first-order valence-electron chi connectivity index (χ1n) is 12.6. The Labute approximate surface area is 257 Å². The number of likely N-dealkylation sites (tertiary alicyclic amines) is 1. The number of aromatic nitrogens is 2. The summed E-state index contributed by atoms with van der Waals surface area (Å²) in [6.07, 6.45) is 2.88. The number of hydrogen-bond donors (Lipinski definition) is 4. The van der Waals surface area contributed by atoms with Crippen molar-refractivity contribution in [2.24, 2.45) is 5.92 Å². The van der Waals surface area contributed by atoms with Crippen LogP contribution in [0.5, 0.6) is 0 Å². The molecular formula is C28H35F2N5O4U. The van der Waals surface area contributed by atoms with E-state index in [1.807, 2.05) is 37.3 Å². The number of hydrogen-bond acceptors (Lipinski definition) is 6. The van der Waals surface area contributed by atoms with Crippen molar-refractivity contribution in [3.63, 3.8) is 0 Å². The smallest absolute Gasteiger partial charge is 0.399 e. The van der Waals surface area contributed by atoms with Gasteiger partial charge in [-0.15, -0.1) is 12.1 Å². The molecule has 12 heteroatoms. The maximum atomic E-state index is 13.9. The number of aliphatic hydroxyl groups excluding tert-OH is 2. The fourth-order valence-corrected chi connectivity index (χ4v) is 4.17. The molecule has 2 heterocycles. The molecule has 1 aliphatic heterocycles. The van der Waals surface area contributed by atoms with Crippen molar-refractivity contribution >= 4 is 11.8 Å². The second-order valence-corrected chi connectivity index (χ2v) is 9.30. The van der Waals surface area contributed by atoms with Gasteiger partial charge >= 0.3 is 37.1 Å². The zero-order valence-electron chi connectivity index (χ0n) is 22.6. The van der Waals surface area contributed by atoms with Gasteiger partial charge < -0.3 is 37.2 Å². The first-order valence-corrected chi connectivity index (χ1v) is 12.6. The predicted octanol–water partition coefficient (Wildman–Crippen LogP) is 2.92. The molecule has 4 N–H and O–H groups in total. The quantitative estimate of drug-likeness (QED) is 0.249. The van der Waals surface area contributed by atoms with Crippen LogP contribution in [0, 0.1) is 68.7 Å². The number of nitrogens with one attached hydrogen (secondary N) is 2. The van der Waals surface area contributed by atoms with Gasteiger partial charge in [0.2, 0.25) is 0 Å². The van der Waals surface area contributed by atoms with Crippen LogP contribution in [0.2, 0.25) is 0 Å². The molecule has 1 aromatic heterocycles. The third kappa shape index (κ3) is 9.36. The predicted molar refractivity (Wildman–Crippen MR) is 144 cm³/mol. The normalized spacial score (nSPS) is 16.7. The van der Waals surface area contributed by atoms with Crippen LogP contribution in [0.1, 0.15) is 17.0 Å². The van der Waals surface area contributed by atoms with Crippen molar-refractivity contribution in [1.82, 2.24) is 20.0 Å². The van der Waals surface area contributed by atoms with Gasteiger partial charge in [-0.2, -0.15) is 5.56 Å². The second kappa shape index (κ2) is 16.8. The van der Waals surface area contributed by atoms with Gasteiger partial charge in [-0.05, 0) is 35.6 Å². The first kappa shape index (κ1) is 33.9. The van der Waals surface area contributed by atoms with E-state index in [9.17, 15) is 13.6 Å². The van der Waals surface area contributed by atoms with Gasteiger partial charge in [-0.25, -0.2) is 8.78 Å². The topological polar surface area (TPSA) is 112 Å². The Morgan fingerprint density at radius 2 is 1.88 bits per heavy atom. The summed E-state index contributed by atoms with van der Waals surface area (Å²) >= 11 is 0. The van der Waals surface area contributed by atoms with E-state index >= 15 is 0 Å². The summed E-state index contributed by atoms with van der Waals surface area (Å²) < 4.78 is 34.2. The maximum absolute atomic E-state index is 13.9. The molecule has 0 aliphatic carbocycles. The number of carbonyl (C=O) groups is 1. The van der Waals surface area contributed by atoms with Gasteiger partial charge in [0.05, 0.1) is 12.6 Å². The van der Waals surface area contributed by atoms with Gasteiger partial charge in [-0.1, -0.05) is 31.2 Å². The van der Waals surface area contributed by atoms with Crippen LogP contribution < -0.4 is 10.6 Å². The standard InChI is InChI=1S/C24H26F2N5O2.C4H9O2.U/c1-16-13-27-31(18-6-4-3-5-7-18)23(16)29-24(32)28-22-15-30(10-11-33-2)14-19(22)17-8-9-20(25)21(26)12-17;1-4(2-5)3-6;/h3-9,12,19,22H,10-11,14-15H2,1-2H3,(H2,28,29,32);4-6H,1-3H2;/q2*-1;+2/t19-,22+;;/m0../s1. The average Bonchev–Trinajstić information content (AvgIpc) is 3.52. The first-order chi connectivity index (χ1) is 18.8. The molecule has 40 heavy (non-hydrogen) atoms. The molecule has 3 aromatic rings. The van der Waals surface area contributed by atoms with Crippen molar-refractivity contribution in [2.45, 2.75) is 18.9 Å². The Bertz CT molecular complexity index is 1200. The van der Waals surface area contributed by atoms with E-state index in [1.54, 1.807) is 17.9 Å². The minimum absolute atomic E-state index is 0. The van der Waals surface area contributed by atoms with Gasteiger partial charge in [0.25, 0.3) is 0 Å². The van der Waals surface area contributed by atoms with Crippen molar-refractivity contribution in [2.75, 3.05) is 51.9 Å². The summed E-state index contributed by atoms with van der Waals surface area (Å²) in [6.45, 7) is 7.48. The summed E-state index contributed by atoms with van der Waals surface area (Å²) in [4.78, 5) is 15.1. The Morgan fingerprint density at radius 3 is 2.48 bits per heavy atom. The van der Waals surface area contributed by atoms with Gasteiger partial charge in [0, 0.05) is 51.6 Å². The van der Waals surface area contributed by atoms with Crippen molar-refractivity contribution in [3.05, 3.63) is 84.4 Å². The number of ether oxygens (including phenoxy) is 1. The molecule has 4 rings (SSSR count). The second-order valence-electron chi connectivity index (χ2n) is 9.30. The van der Waals surface area contributed by atoms with E-state index in [4.69, 9.17) is 14.9 Å². The van der Waals surface area contributed by atoms with Gasteiger partial charge in [0.1, 0.15) is 0 Å². The minimum atomic E-state index is -0.899. The molecule has 1 saturated heterocycles. The van der Waals surface area contributed by atoms with Gasteiger partial charge in [0.15, 0.2) is 11.6 Å². The van der Waals surface area contributed by atoms with Crippen molar-refractivity contribution in [1.29, 1.82) is 0 Å². The molecule has 0 radical (unpaired) electrons. The van der Waals surface area contributed by atoms with Gasteiger partial charge in [-0.3, -0.25) is 14.8 Å². The van der Waals surface area contributed by atoms with Crippen LogP contribution in [0.3, 0.4) is 0 Å². The number of nitrogens with zero attached hydrogens (tertiary/aromatic N) is 3. The summed E-state index contributed by atoms with van der Waals surface area (Å²) in [7, 11) is 1.63. The number of aryl methyl sites for hydroxylation is 1. The van der Waals surface area contributed by atoms with Crippen LogP contribution in [0.15, 0.2) is 48.5 Å². The average molecular weight is 782 g/mol. The number of para-hydroxylation sites is 1. The molecule has 0 spiro atoms. The van der Waals surface area contributed by atoms with E-state index in [2.05, 4.69) is 33.8 Å². The molecule has 2 aromatic carbocycles. The fourth-order valence-electron chi connectivity index (χ4n) is 4.17. The van der Waals surface area contributed by atoms with E-state index in [1.165, 1.54) is 6.07 Å². The third-order valence-corrected chi connectivity index (χ3v) is 6.33. The molecule has 1 aliphatic rings. The maximum Gasteiger partial charge on any atom is 2.00 e. The number of benzene rings is 2. The molecule has 0 bridgehead atoms. The van der Waals surface area contributed by atoms with E-state index in [-0.39, 0.29) is 62.2 Å². The molecule has 2 atom stereocenters. The Kier molecular flexibility index (Phi) is 14.2. The minimum Gasteiger partial charge on any atom is -0.399 e. The number of halogens is 2. The van der Waals surface area contributed by atoms with Crippen molar-refractivity contribution in [3.8, 4) is 5.69 Å². The summed E-state index contributed by atoms with van der Waals surface area (Å²) in [6, 6.07) is 12.6. The molecule has 0 saturated carbocycles. The number of carbonyl (C=O) groups excluding carboxylic acids is 1. The van der Waals surface area contributed by atoms with Crippen LogP contribution in [0.25, 0.3) is 5.69 Å². The number of amides is 2. The molecule has 214 valence electrons.